The van der Waals surface area contributed by atoms with Gasteiger partial charge in [-0.05, 0) is 47.0 Å². The van der Waals surface area contributed by atoms with E-state index < -0.39 is 6.10 Å². The van der Waals surface area contributed by atoms with Gasteiger partial charge in [-0.1, -0.05) is 48.5 Å². The molecule has 3 aromatic carbocycles. The van der Waals surface area contributed by atoms with Crippen molar-refractivity contribution < 1.29 is 19.4 Å². The fourth-order valence-corrected chi connectivity index (χ4v) is 3.07. The van der Waals surface area contributed by atoms with Crippen molar-refractivity contribution in [2.24, 2.45) is 0 Å². The van der Waals surface area contributed by atoms with E-state index in [0.29, 0.717) is 13.2 Å². The summed E-state index contributed by atoms with van der Waals surface area (Å²) >= 11 is 0. The molecule has 3 aromatic rings. The minimum atomic E-state index is -0.584. The standard InChI is InChI=1S/C24H27NO4/c1-17(16-29-22-11-7-18(8-12-22)13-24(27)28-2)25-15-23(26)21-10-9-19-5-3-4-6-20(19)14-21/h3-12,14,17,23,25-26H,13,15-16H2,1-2H3. The molecule has 0 aliphatic rings. The van der Waals surface area contributed by atoms with Crippen LogP contribution in [-0.2, 0) is 16.0 Å². The average Bonchev–Trinajstić information content (AvgIpc) is 2.76. The molecule has 152 valence electrons. The highest BCUT2D eigenvalue weighted by atomic mass is 16.5. The van der Waals surface area contributed by atoms with Gasteiger partial charge >= 0.3 is 5.97 Å². The maximum Gasteiger partial charge on any atom is 0.309 e. The highest BCUT2D eigenvalue weighted by Gasteiger charge is 2.11. The molecule has 0 spiro atoms. The van der Waals surface area contributed by atoms with Gasteiger partial charge in [-0.2, -0.15) is 0 Å². The molecule has 0 heterocycles. The van der Waals surface area contributed by atoms with E-state index >= 15 is 0 Å². The molecule has 0 fully saturated rings. The fourth-order valence-electron chi connectivity index (χ4n) is 3.07. The Labute approximate surface area is 171 Å². The number of aliphatic hydroxyl groups is 1. The molecule has 0 amide bonds. The number of carbonyl (C=O) groups is 1. The number of carbonyl (C=O) groups excluding carboxylic acids is 1. The van der Waals surface area contributed by atoms with Gasteiger partial charge in [-0.3, -0.25) is 4.79 Å². The monoisotopic (exact) mass is 393 g/mol. The number of fused-ring (bicyclic) bond motifs is 1. The van der Waals surface area contributed by atoms with Gasteiger partial charge < -0.3 is 19.9 Å². The number of esters is 1. The van der Waals surface area contributed by atoms with Gasteiger partial charge in [0.2, 0.25) is 0 Å². The first-order valence-corrected chi connectivity index (χ1v) is 9.74. The zero-order valence-electron chi connectivity index (χ0n) is 16.8. The Morgan fingerprint density at radius 2 is 1.76 bits per heavy atom. The fraction of sp³-hybridized carbons (Fsp3) is 0.292. The van der Waals surface area contributed by atoms with Crippen molar-refractivity contribution in [1.29, 1.82) is 0 Å². The van der Waals surface area contributed by atoms with Gasteiger partial charge in [0.1, 0.15) is 12.4 Å². The molecule has 2 N–H and O–H groups in total. The maximum atomic E-state index is 11.3. The van der Waals surface area contributed by atoms with Crippen molar-refractivity contribution in [1.82, 2.24) is 5.32 Å². The molecule has 2 atom stereocenters. The first kappa shape index (κ1) is 20.8. The molecule has 3 rings (SSSR count). The Morgan fingerprint density at radius 1 is 1.03 bits per heavy atom. The molecular formula is C24H27NO4. The molecule has 0 bridgehead atoms. The predicted molar refractivity (Wildman–Crippen MR) is 114 cm³/mol. The maximum absolute atomic E-state index is 11.3. The van der Waals surface area contributed by atoms with Gasteiger partial charge in [-0.15, -0.1) is 0 Å². The highest BCUT2D eigenvalue weighted by Crippen LogP contribution is 2.20. The zero-order valence-corrected chi connectivity index (χ0v) is 16.8. The third-order valence-corrected chi connectivity index (χ3v) is 4.82. The molecule has 0 aliphatic carbocycles. The lowest BCUT2D eigenvalue weighted by Gasteiger charge is -2.18. The average molecular weight is 393 g/mol. The van der Waals surface area contributed by atoms with Gasteiger partial charge in [0.25, 0.3) is 0 Å². The number of nitrogens with one attached hydrogen (secondary N) is 1. The molecular weight excluding hydrogens is 366 g/mol. The summed E-state index contributed by atoms with van der Waals surface area (Å²) in [6.45, 7) is 2.93. The van der Waals surface area contributed by atoms with Crippen LogP contribution in [0.4, 0.5) is 0 Å². The molecule has 2 unspecified atom stereocenters. The Kier molecular flexibility index (Phi) is 7.22. The van der Waals surface area contributed by atoms with Crippen LogP contribution in [0.3, 0.4) is 0 Å². The van der Waals surface area contributed by atoms with Crippen molar-refractivity contribution in [3.63, 3.8) is 0 Å². The van der Waals surface area contributed by atoms with Crippen LogP contribution in [0.1, 0.15) is 24.2 Å². The quantitative estimate of drug-likeness (QED) is 0.543. The minimum Gasteiger partial charge on any atom is -0.492 e. The van der Waals surface area contributed by atoms with Crippen molar-refractivity contribution in [3.8, 4) is 5.75 Å². The van der Waals surface area contributed by atoms with Gasteiger partial charge in [0.15, 0.2) is 0 Å². The lowest BCUT2D eigenvalue weighted by Crippen LogP contribution is -2.34. The molecule has 29 heavy (non-hydrogen) atoms. The second-order valence-electron chi connectivity index (χ2n) is 7.14. The van der Waals surface area contributed by atoms with Crippen molar-refractivity contribution >= 4 is 16.7 Å². The largest absolute Gasteiger partial charge is 0.492 e. The lowest BCUT2D eigenvalue weighted by molar-refractivity contribution is -0.139. The molecule has 0 saturated heterocycles. The molecule has 5 heteroatoms. The molecule has 0 saturated carbocycles. The third-order valence-electron chi connectivity index (χ3n) is 4.82. The van der Waals surface area contributed by atoms with Crippen LogP contribution in [-0.4, -0.2) is 37.4 Å². The molecule has 0 aromatic heterocycles. The minimum absolute atomic E-state index is 0.0693. The van der Waals surface area contributed by atoms with E-state index in [9.17, 15) is 9.90 Å². The van der Waals surface area contributed by atoms with E-state index in [1.807, 2.05) is 67.6 Å². The van der Waals surface area contributed by atoms with E-state index in [2.05, 4.69) is 16.1 Å². The number of aliphatic hydroxyl groups excluding tert-OH is 1. The highest BCUT2D eigenvalue weighted by molar-refractivity contribution is 5.83. The van der Waals surface area contributed by atoms with Crippen LogP contribution in [0.15, 0.2) is 66.7 Å². The SMILES string of the molecule is COC(=O)Cc1ccc(OCC(C)NCC(O)c2ccc3ccccc3c2)cc1. The Balaban J connectivity index is 1.45. The van der Waals surface area contributed by atoms with E-state index in [1.54, 1.807) is 0 Å². The normalized spacial score (nSPS) is 13.1. The number of methoxy groups -OCH3 is 1. The lowest BCUT2D eigenvalue weighted by atomic mass is 10.0. The van der Waals surface area contributed by atoms with E-state index in [1.165, 1.54) is 7.11 Å². The summed E-state index contributed by atoms with van der Waals surface area (Å²) in [4.78, 5) is 11.3. The number of hydrogen-bond donors (Lipinski definition) is 2. The van der Waals surface area contributed by atoms with E-state index in [-0.39, 0.29) is 18.4 Å². The second-order valence-corrected chi connectivity index (χ2v) is 7.14. The first-order chi connectivity index (χ1) is 14.0. The van der Waals surface area contributed by atoms with Crippen molar-refractivity contribution in [3.05, 3.63) is 77.9 Å². The smallest absolute Gasteiger partial charge is 0.309 e. The zero-order chi connectivity index (χ0) is 20.6. The molecule has 5 nitrogen and oxygen atoms in total. The second kappa shape index (κ2) is 10.0. The Hall–Kier alpha value is -2.89. The van der Waals surface area contributed by atoms with Crippen molar-refractivity contribution in [2.45, 2.75) is 25.5 Å². The predicted octanol–water partition coefficient (Wildman–Crippen LogP) is 3.65. The summed E-state index contributed by atoms with van der Waals surface area (Å²) in [5.41, 5.74) is 1.78. The van der Waals surface area contributed by atoms with Gasteiger partial charge in [0.05, 0.1) is 19.6 Å². The summed E-state index contributed by atoms with van der Waals surface area (Å²) in [7, 11) is 1.38. The number of hydrogen-bond acceptors (Lipinski definition) is 5. The van der Waals surface area contributed by atoms with E-state index in [4.69, 9.17) is 4.74 Å². The van der Waals surface area contributed by atoms with Gasteiger partial charge in [0, 0.05) is 12.6 Å². The van der Waals surface area contributed by atoms with Crippen LogP contribution >= 0.6 is 0 Å². The number of rotatable bonds is 9. The Bertz CT molecular complexity index is 939. The van der Waals surface area contributed by atoms with Crippen LogP contribution in [0.2, 0.25) is 0 Å². The van der Waals surface area contributed by atoms with Crippen molar-refractivity contribution in [2.75, 3.05) is 20.3 Å². The summed E-state index contributed by atoms with van der Waals surface area (Å²) in [5.74, 6) is 0.476. The van der Waals surface area contributed by atoms with Crippen LogP contribution in [0.25, 0.3) is 10.8 Å². The van der Waals surface area contributed by atoms with Crippen LogP contribution < -0.4 is 10.1 Å². The molecule has 0 aliphatic heterocycles. The van der Waals surface area contributed by atoms with Gasteiger partial charge in [-0.25, -0.2) is 0 Å². The Morgan fingerprint density at radius 3 is 2.48 bits per heavy atom. The first-order valence-electron chi connectivity index (χ1n) is 9.74. The summed E-state index contributed by atoms with van der Waals surface area (Å²) < 4.78 is 10.5. The van der Waals surface area contributed by atoms with Crippen LogP contribution in [0, 0.1) is 0 Å². The van der Waals surface area contributed by atoms with E-state index in [0.717, 1.165) is 27.6 Å². The molecule has 0 radical (unpaired) electrons. The summed E-state index contributed by atoms with van der Waals surface area (Å²) in [5, 5.41) is 16.1. The topological polar surface area (TPSA) is 67.8 Å². The summed E-state index contributed by atoms with van der Waals surface area (Å²) in [6.07, 6.45) is -0.332. The van der Waals surface area contributed by atoms with Crippen LogP contribution in [0.5, 0.6) is 5.75 Å². The number of ether oxygens (including phenoxy) is 2. The third kappa shape index (κ3) is 6.04. The summed E-state index contributed by atoms with van der Waals surface area (Å²) in [6, 6.07) is 21.6. The number of benzene rings is 3.